The first-order valence-electron chi connectivity index (χ1n) is 8.53. The number of nitro benzene ring substituents is 1. The summed E-state index contributed by atoms with van der Waals surface area (Å²) in [7, 11) is 0. The van der Waals surface area contributed by atoms with Crippen LogP contribution < -0.4 is 0 Å². The van der Waals surface area contributed by atoms with Crippen LogP contribution in [0.2, 0.25) is 0 Å². The van der Waals surface area contributed by atoms with Gasteiger partial charge in [0, 0.05) is 29.2 Å². The van der Waals surface area contributed by atoms with E-state index in [-0.39, 0.29) is 5.69 Å². The van der Waals surface area contributed by atoms with E-state index in [1.165, 1.54) is 12.1 Å². The number of aromatic nitrogens is 1. The average molecular weight is 357 g/mol. The molecule has 0 radical (unpaired) electrons. The highest BCUT2D eigenvalue weighted by Crippen LogP contribution is 2.26. The van der Waals surface area contributed by atoms with Crippen LogP contribution in [-0.2, 0) is 0 Å². The zero-order valence-electron chi connectivity index (χ0n) is 15.4. The normalized spacial score (nSPS) is 11.3. The number of benzene rings is 2. The summed E-state index contributed by atoms with van der Waals surface area (Å²) in [5, 5.41) is 20.4. The maximum atomic E-state index is 10.9. The van der Waals surface area contributed by atoms with Crippen molar-refractivity contribution in [3.63, 3.8) is 0 Å². The quantitative estimate of drug-likeness (QED) is 0.358. The molecule has 0 saturated heterocycles. The third-order valence-electron chi connectivity index (χ3n) is 4.57. The summed E-state index contributed by atoms with van der Waals surface area (Å²) in [4.78, 5) is 10.4. The summed E-state index contributed by atoms with van der Waals surface area (Å²) in [6.45, 7) is 5.96. The first kappa shape index (κ1) is 18.2. The Kier molecular flexibility index (Phi) is 4.91. The second-order valence-corrected chi connectivity index (χ2v) is 6.47. The van der Waals surface area contributed by atoms with Crippen LogP contribution in [0.15, 0.2) is 54.6 Å². The topological polar surface area (TPSA) is 71.9 Å². The Labute approximate surface area is 158 Å². The van der Waals surface area contributed by atoms with E-state index in [4.69, 9.17) is 0 Å². The lowest BCUT2D eigenvalue weighted by atomic mass is 10.0. The molecule has 0 saturated carbocycles. The Morgan fingerprint density at radius 2 is 1.70 bits per heavy atom. The van der Waals surface area contributed by atoms with Crippen LogP contribution in [0.25, 0.3) is 17.3 Å². The molecule has 0 aliphatic carbocycles. The van der Waals surface area contributed by atoms with E-state index in [2.05, 4.69) is 6.07 Å². The van der Waals surface area contributed by atoms with Gasteiger partial charge < -0.3 is 4.57 Å². The van der Waals surface area contributed by atoms with Crippen molar-refractivity contribution in [2.45, 2.75) is 20.8 Å². The van der Waals surface area contributed by atoms with E-state index in [0.717, 1.165) is 33.8 Å². The maximum Gasteiger partial charge on any atom is 0.269 e. The molecule has 0 N–H and O–H groups in total. The lowest BCUT2D eigenvalue weighted by Crippen LogP contribution is -1.99. The van der Waals surface area contributed by atoms with E-state index in [0.29, 0.717) is 5.57 Å². The summed E-state index contributed by atoms with van der Waals surface area (Å²) < 4.78 is 2.03. The number of allylic oxidation sites excluding steroid dienone is 1. The second-order valence-electron chi connectivity index (χ2n) is 6.47. The van der Waals surface area contributed by atoms with Crippen molar-refractivity contribution in [3.05, 3.63) is 92.8 Å². The molecule has 0 unspecified atom stereocenters. The number of rotatable bonds is 4. The number of hydrogen-bond acceptors (Lipinski definition) is 3. The van der Waals surface area contributed by atoms with Crippen molar-refractivity contribution in [2.75, 3.05) is 0 Å². The summed E-state index contributed by atoms with van der Waals surface area (Å²) >= 11 is 0. The fraction of sp³-hybridized carbons (Fsp3) is 0.136. The van der Waals surface area contributed by atoms with Crippen molar-refractivity contribution in [1.29, 1.82) is 5.26 Å². The molecular formula is C22H19N3O2. The molecule has 0 fully saturated rings. The van der Waals surface area contributed by atoms with Crippen LogP contribution in [0.5, 0.6) is 0 Å². The van der Waals surface area contributed by atoms with Crippen LogP contribution in [0.1, 0.15) is 28.1 Å². The molecule has 0 bridgehead atoms. The van der Waals surface area contributed by atoms with E-state index in [1.54, 1.807) is 12.1 Å². The molecule has 0 aliphatic rings. The SMILES string of the molecule is Cc1ccc(/C(C#N)=C/c2cc(C)n(-c3ccc([N+](=O)[O-])cc3)c2C)cc1. The highest BCUT2D eigenvalue weighted by molar-refractivity contribution is 5.90. The van der Waals surface area contributed by atoms with Gasteiger partial charge in [-0.15, -0.1) is 0 Å². The monoisotopic (exact) mass is 357 g/mol. The molecule has 2 aromatic carbocycles. The minimum Gasteiger partial charge on any atom is -0.318 e. The fourth-order valence-electron chi connectivity index (χ4n) is 3.12. The standard InChI is InChI=1S/C22H19N3O2/c1-15-4-6-18(7-5-15)20(14-23)13-19-12-16(2)24(17(19)3)21-8-10-22(11-9-21)25(26)27/h4-13H,1-3H3/b20-13+. The number of nitrogens with zero attached hydrogens (tertiary/aromatic N) is 3. The van der Waals surface area contributed by atoms with Gasteiger partial charge in [-0.25, -0.2) is 0 Å². The average Bonchev–Trinajstić information content (AvgIpc) is 2.94. The zero-order chi connectivity index (χ0) is 19.6. The van der Waals surface area contributed by atoms with Crippen LogP contribution >= 0.6 is 0 Å². The summed E-state index contributed by atoms with van der Waals surface area (Å²) in [6.07, 6.45) is 1.88. The van der Waals surface area contributed by atoms with Crippen molar-refractivity contribution in [2.24, 2.45) is 0 Å². The van der Waals surface area contributed by atoms with Crippen LogP contribution in [-0.4, -0.2) is 9.49 Å². The molecule has 3 rings (SSSR count). The molecule has 0 spiro atoms. The van der Waals surface area contributed by atoms with Gasteiger partial charge in [0.15, 0.2) is 0 Å². The molecule has 1 heterocycles. The van der Waals surface area contributed by atoms with Gasteiger partial charge in [-0.05, 0) is 56.2 Å². The predicted molar refractivity (Wildman–Crippen MR) is 107 cm³/mol. The van der Waals surface area contributed by atoms with Crippen molar-refractivity contribution in [3.8, 4) is 11.8 Å². The second kappa shape index (κ2) is 7.30. The smallest absolute Gasteiger partial charge is 0.269 e. The third kappa shape index (κ3) is 3.65. The lowest BCUT2D eigenvalue weighted by molar-refractivity contribution is -0.384. The summed E-state index contributed by atoms with van der Waals surface area (Å²) in [5.41, 5.74) is 6.45. The van der Waals surface area contributed by atoms with E-state index < -0.39 is 4.92 Å². The van der Waals surface area contributed by atoms with Gasteiger partial charge >= 0.3 is 0 Å². The minimum atomic E-state index is -0.409. The molecule has 0 atom stereocenters. The van der Waals surface area contributed by atoms with Crippen molar-refractivity contribution >= 4 is 17.3 Å². The number of aryl methyl sites for hydroxylation is 2. The van der Waals surface area contributed by atoms with Crippen LogP contribution in [0, 0.1) is 42.2 Å². The van der Waals surface area contributed by atoms with Gasteiger partial charge in [-0.3, -0.25) is 10.1 Å². The minimum absolute atomic E-state index is 0.0625. The molecule has 1 aromatic heterocycles. The number of nitriles is 1. The first-order valence-corrected chi connectivity index (χ1v) is 8.53. The van der Waals surface area contributed by atoms with Crippen molar-refractivity contribution in [1.82, 2.24) is 4.57 Å². The van der Waals surface area contributed by atoms with Crippen LogP contribution in [0.4, 0.5) is 5.69 Å². The van der Waals surface area contributed by atoms with E-state index in [1.807, 2.05) is 61.7 Å². The Morgan fingerprint density at radius 1 is 1.07 bits per heavy atom. The van der Waals surface area contributed by atoms with Crippen LogP contribution in [0.3, 0.4) is 0 Å². The number of nitro groups is 1. The van der Waals surface area contributed by atoms with Gasteiger partial charge in [-0.2, -0.15) is 5.26 Å². The molecule has 5 nitrogen and oxygen atoms in total. The molecular weight excluding hydrogens is 338 g/mol. The third-order valence-corrected chi connectivity index (χ3v) is 4.57. The highest BCUT2D eigenvalue weighted by atomic mass is 16.6. The zero-order valence-corrected chi connectivity index (χ0v) is 15.4. The molecule has 134 valence electrons. The molecule has 5 heteroatoms. The largest absolute Gasteiger partial charge is 0.318 e. The van der Waals surface area contributed by atoms with Crippen molar-refractivity contribution < 1.29 is 4.92 Å². The van der Waals surface area contributed by atoms with Gasteiger partial charge in [0.25, 0.3) is 5.69 Å². The van der Waals surface area contributed by atoms with E-state index >= 15 is 0 Å². The Balaban J connectivity index is 2.03. The molecule has 27 heavy (non-hydrogen) atoms. The molecule has 0 amide bonds. The van der Waals surface area contributed by atoms with Gasteiger partial charge in [-0.1, -0.05) is 29.8 Å². The Morgan fingerprint density at radius 3 is 2.26 bits per heavy atom. The maximum absolute atomic E-state index is 10.9. The first-order chi connectivity index (χ1) is 12.9. The summed E-state index contributed by atoms with van der Waals surface area (Å²) in [6, 6.07) is 18.6. The van der Waals surface area contributed by atoms with Gasteiger partial charge in [0.05, 0.1) is 16.6 Å². The molecule has 0 aliphatic heterocycles. The Bertz CT molecular complexity index is 1070. The van der Waals surface area contributed by atoms with Gasteiger partial charge in [0.2, 0.25) is 0 Å². The molecule has 3 aromatic rings. The number of hydrogen-bond donors (Lipinski definition) is 0. The van der Waals surface area contributed by atoms with Gasteiger partial charge in [0.1, 0.15) is 0 Å². The summed E-state index contributed by atoms with van der Waals surface area (Å²) in [5.74, 6) is 0. The fourth-order valence-corrected chi connectivity index (χ4v) is 3.12. The lowest BCUT2D eigenvalue weighted by Gasteiger charge is -2.09. The predicted octanol–water partition coefficient (Wildman–Crippen LogP) is 5.37. The number of non-ortho nitro benzene ring substituents is 1. The van der Waals surface area contributed by atoms with E-state index in [9.17, 15) is 15.4 Å². The highest BCUT2D eigenvalue weighted by Gasteiger charge is 2.12. The Hall–Kier alpha value is -3.65.